The van der Waals surface area contributed by atoms with Gasteiger partial charge in [0.25, 0.3) is 0 Å². The maximum atomic E-state index is 5.38. The molecule has 0 radical (unpaired) electrons. The van der Waals surface area contributed by atoms with Crippen molar-refractivity contribution in [1.82, 2.24) is 25.1 Å². The number of imidazole rings is 1. The van der Waals surface area contributed by atoms with Gasteiger partial charge in [-0.3, -0.25) is 4.90 Å². The SMILES string of the molecule is c1cn(CCCNCc2ccc(CNCCCN3CCOCC3)cc2)cn1. The van der Waals surface area contributed by atoms with Crippen molar-refractivity contribution in [2.45, 2.75) is 32.5 Å². The Labute approximate surface area is 162 Å². The van der Waals surface area contributed by atoms with Crippen molar-refractivity contribution >= 4 is 0 Å². The first-order chi connectivity index (χ1) is 13.4. The monoisotopic (exact) mass is 371 g/mol. The summed E-state index contributed by atoms with van der Waals surface area (Å²) in [4.78, 5) is 6.55. The molecule has 1 aromatic carbocycles. The van der Waals surface area contributed by atoms with Gasteiger partial charge in [0.15, 0.2) is 0 Å². The van der Waals surface area contributed by atoms with Crippen molar-refractivity contribution < 1.29 is 4.74 Å². The van der Waals surface area contributed by atoms with Gasteiger partial charge in [0.2, 0.25) is 0 Å². The lowest BCUT2D eigenvalue weighted by molar-refractivity contribution is 0.0374. The fourth-order valence-electron chi connectivity index (χ4n) is 3.30. The molecule has 0 aliphatic carbocycles. The molecule has 3 rings (SSSR count). The minimum absolute atomic E-state index is 0.888. The van der Waals surface area contributed by atoms with Gasteiger partial charge in [0, 0.05) is 45.1 Å². The van der Waals surface area contributed by atoms with E-state index in [0.717, 1.165) is 65.4 Å². The summed E-state index contributed by atoms with van der Waals surface area (Å²) < 4.78 is 7.50. The molecule has 0 saturated carbocycles. The van der Waals surface area contributed by atoms with Gasteiger partial charge >= 0.3 is 0 Å². The molecule has 2 N–H and O–H groups in total. The Kier molecular flexibility index (Phi) is 8.80. The topological polar surface area (TPSA) is 54.4 Å². The van der Waals surface area contributed by atoms with Crippen LogP contribution in [0.1, 0.15) is 24.0 Å². The van der Waals surface area contributed by atoms with Crippen molar-refractivity contribution in [1.29, 1.82) is 0 Å². The number of hydrogen-bond acceptors (Lipinski definition) is 5. The van der Waals surface area contributed by atoms with Crippen LogP contribution < -0.4 is 10.6 Å². The van der Waals surface area contributed by atoms with Crippen LogP contribution in [0.2, 0.25) is 0 Å². The van der Waals surface area contributed by atoms with Gasteiger partial charge in [0.1, 0.15) is 0 Å². The van der Waals surface area contributed by atoms with Gasteiger partial charge < -0.3 is 19.9 Å². The highest BCUT2D eigenvalue weighted by Gasteiger charge is 2.08. The molecule has 27 heavy (non-hydrogen) atoms. The van der Waals surface area contributed by atoms with Crippen LogP contribution in [0.25, 0.3) is 0 Å². The van der Waals surface area contributed by atoms with Crippen LogP contribution in [-0.2, 0) is 24.4 Å². The Morgan fingerprint density at radius 2 is 1.52 bits per heavy atom. The molecular weight excluding hydrogens is 338 g/mol. The van der Waals surface area contributed by atoms with Gasteiger partial charge in [-0.1, -0.05) is 24.3 Å². The van der Waals surface area contributed by atoms with Crippen molar-refractivity contribution in [3.8, 4) is 0 Å². The van der Waals surface area contributed by atoms with E-state index in [4.69, 9.17) is 4.74 Å². The predicted octanol–water partition coefficient (Wildman–Crippen LogP) is 1.87. The molecule has 0 amide bonds. The summed E-state index contributed by atoms with van der Waals surface area (Å²) in [6.07, 6.45) is 8.02. The van der Waals surface area contributed by atoms with Gasteiger partial charge in [-0.05, 0) is 43.6 Å². The van der Waals surface area contributed by atoms with Gasteiger partial charge in [-0.15, -0.1) is 0 Å². The van der Waals surface area contributed by atoms with E-state index in [-0.39, 0.29) is 0 Å². The van der Waals surface area contributed by atoms with Crippen molar-refractivity contribution in [3.63, 3.8) is 0 Å². The van der Waals surface area contributed by atoms with Crippen LogP contribution in [0, 0.1) is 0 Å². The van der Waals surface area contributed by atoms with Gasteiger partial charge in [-0.2, -0.15) is 0 Å². The number of nitrogens with one attached hydrogen (secondary N) is 2. The highest BCUT2D eigenvalue weighted by atomic mass is 16.5. The highest BCUT2D eigenvalue weighted by Crippen LogP contribution is 2.04. The number of hydrogen-bond donors (Lipinski definition) is 2. The third-order valence-electron chi connectivity index (χ3n) is 4.94. The first-order valence-corrected chi connectivity index (χ1v) is 10.2. The molecule has 148 valence electrons. The third-order valence-corrected chi connectivity index (χ3v) is 4.94. The van der Waals surface area contributed by atoms with Crippen molar-refractivity contribution in [2.75, 3.05) is 45.9 Å². The molecule has 6 nitrogen and oxygen atoms in total. The molecule has 0 unspecified atom stereocenters. The van der Waals surface area contributed by atoms with Crippen molar-refractivity contribution in [2.24, 2.45) is 0 Å². The molecule has 1 aliphatic heterocycles. The van der Waals surface area contributed by atoms with E-state index >= 15 is 0 Å². The minimum Gasteiger partial charge on any atom is -0.379 e. The summed E-state index contributed by atoms with van der Waals surface area (Å²) in [6, 6.07) is 8.93. The number of nitrogens with zero attached hydrogens (tertiary/aromatic N) is 3. The normalized spacial score (nSPS) is 15.3. The number of morpholine rings is 1. The summed E-state index contributed by atoms with van der Waals surface area (Å²) in [7, 11) is 0. The molecule has 1 fully saturated rings. The quantitative estimate of drug-likeness (QED) is 0.558. The molecule has 0 atom stereocenters. The second-order valence-corrected chi connectivity index (χ2v) is 7.13. The van der Waals surface area contributed by atoms with E-state index in [0.29, 0.717) is 0 Å². The van der Waals surface area contributed by atoms with E-state index < -0.39 is 0 Å². The molecule has 6 heteroatoms. The number of aryl methyl sites for hydroxylation is 1. The van der Waals surface area contributed by atoms with E-state index in [2.05, 4.69) is 49.4 Å². The van der Waals surface area contributed by atoms with Crippen LogP contribution >= 0.6 is 0 Å². The molecular formula is C21H33N5O. The minimum atomic E-state index is 0.888. The molecule has 0 spiro atoms. The molecule has 0 bridgehead atoms. The van der Waals surface area contributed by atoms with Crippen LogP contribution in [0.15, 0.2) is 43.0 Å². The van der Waals surface area contributed by atoms with Crippen LogP contribution in [0.4, 0.5) is 0 Å². The van der Waals surface area contributed by atoms with E-state index in [1.165, 1.54) is 24.1 Å². The maximum absolute atomic E-state index is 5.38. The lowest BCUT2D eigenvalue weighted by Gasteiger charge is -2.26. The summed E-state index contributed by atoms with van der Waals surface area (Å²) in [5.74, 6) is 0. The van der Waals surface area contributed by atoms with Crippen LogP contribution in [0.3, 0.4) is 0 Å². The Balaban J connectivity index is 1.21. The molecule has 1 aliphatic rings. The van der Waals surface area contributed by atoms with Gasteiger partial charge in [0.05, 0.1) is 19.5 Å². The number of benzene rings is 1. The van der Waals surface area contributed by atoms with E-state index in [1.807, 2.05) is 18.7 Å². The molecule has 2 aromatic rings. The summed E-state index contributed by atoms with van der Waals surface area (Å²) in [6.45, 7) is 10.1. The average molecular weight is 372 g/mol. The Morgan fingerprint density at radius 1 is 0.889 bits per heavy atom. The first kappa shape index (κ1) is 20.0. The zero-order chi connectivity index (χ0) is 18.6. The van der Waals surface area contributed by atoms with Gasteiger partial charge in [-0.25, -0.2) is 4.98 Å². The van der Waals surface area contributed by atoms with E-state index in [9.17, 15) is 0 Å². The largest absolute Gasteiger partial charge is 0.379 e. The molecule has 2 heterocycles. The second-order valence-electron chi connectivity index (χ2n) is 7.13. The summed E-state index contributed by atoms with van der Waals surface area (Å²) >= 11 is 0. The smallest absolute Gasteiger partial charge is 0.0945 e. The third kappa shape index (κ3) is 7.81. The number of rotatable bonds is 12. The zero-order valence-corrected chi connectivity index (χ0v) is 16.3. The molecule has 1 saturated heterocycles. The Hall–Kier alpha value is -1.73. The summed E-state index contributed by atoms with van der Waals surface area (Å²) in [5, 5.41) is 7.06. The van der Waals surface area contributed by atoms with Crippen LogP contribution in [-0.4, -0.2) is 60.4 Å². The molecule has 1 aromatic heterocycles. The lowest BCUT2D eigenvalue weighted by Crippen LogP contribution is -2.37. The second kappa shape index (κ2) is 11.9. The lowest BCUT2D eigenvalue weighted by atomic mass is 10.1. The predicted molar refractivity (Wildman–Crippen MR) is 109 cm³/mol. The highest BCUT2D eigenvalue weighted by molar-refractivity contribution is 5.22. The summed E-state index contributed by atoms with van der Waals surface area (Å²) in [5.41, 5.74) is 2.69. The first-order valence-electron chi connectivity index (χ1n) is 10.2. The fraction of sp³-hybridized carbons (Fsp3) is 0.571. The number of ether oxygens (including phenoxy) is 1. The fourth-order valence-corrected chi connectivity index (χ4v) is 3.30. The maximum Gasteiger partial charge on any atom is 0.0945 e. The standard InChI is InChI=1S/C21H33N5O/c1(10-25-13-15-27-16-14-25)7-22-17-20-3-5-21(6-4-20)18-23-8-2-11-26-12-9-24-19-26/h3-6,9,12,19,22-23H,1-2,7-8,10-11,13-18H2. The number of aromatic nitrogens is 2. The van der Waals surface area contributed by atoms with Crippen molar-refractivity contribution in [3.05, 3.63) is 54.1 Å². The van der Waals surface area contributed by atoms with E-state index in [1.54, 1.807) is 0 Å². The zero-order valence-electron chi connectivity index (χ0n) is 16.3. The Morgan fingerprint density at radius 3 is 2.11 bits per heavy atom. The van der Waals surface area contributed by atoms with Crippen LogP contribution in [0.5, 0.6) is 0 Å². The Bertz CT molecular complexity index is 608. The average Bonchev–Trinajstić information content (AvgIpc) is 3.23.